The van der Waals surface area contributed by atoms with Gasteiger partial charge in [-0.05, 0) is 57.7 Å². The van der Waals surface area contributed by atoms with Gasteiger partial charge in [0.05, 0.1) is 18.2 Å². The van der Waals surface area contributed by atoms with Crippen LogP contribution in [0.25, 0.3) is 0 Å². The molecule has 1 amide bonds. The molecule has 0 bridgehead atoms. The smallest absolute Gasteiger partial charge is 0.255 e. The van der Waals surface area contributed by atoms with Crippen LogP contribution in [0, 0.1) is 0 Å². The van der Waals surface area contributed by atoms with Crippen molar-refractivity contribution in [3.8, 4) is 5.75 Å². The van der Waals surface area contributed by atoms with Gasteiger partial charge in [0, 0.05) is 17.0 Å². The molecule has 1 heterocycles. The molecule has 26 heavy (non-hydrogen) atoms. The molecule has 2 aliphatic rings. The molecule has 1 aromatic carbocycles. The number of carbonyl (C=O) groups is 1. The molecule has 0 aliphatic heterocycles. The third-order valence-electron chi connectivity index (χ3n) is 4.60. The lowest BCUT2D eigenvalue weighted by atomic mass is 10.2. The molecule has 2 aromatic rings. The van der Waals surface area contributed by atoms with E-state index >= 15 is 0 Å². The van der Waals surface area contributed by atoms with Crippen LogP contribution < -0.4 is 10.1 Å². The number of ether oxygens (including phenoxy) is 1. The van der Waals surface area contributed by atoms with E-state index in [0.29, 0.717) is 34.8 Å². The summed E-state index contributed by atoms with van der Waals surface area (Å²) in [6, 6.07) is 5.59. The average molecular weight is 375 g/mol. The predicted molar refractivity (Wildman–Crippen MR) is 98.7 cm³/mol. The van der Waals surface area contributed by atoms with Gasteiger partial charge in [0.15, 0.2) is 5.82 Å². The molecule has 0 spiro atoms. The van der Waals surface area contributed by atoms with Crippen LogP contribution >= 0.6 is 11.6 Å². The van der Waals surface area contributed by atoms with Gasteiger partial charge < -0.3 is 14.6 Å². The van der Waals surface area contributed by atoms with E-state index in [-0.39, 0.29) is 12.0 Å². The molecule has 2 fully saturated rings. The molecule has 138 valence electrons. The highest BCUT2D eigenvalue weighted by Gasteiger charge is 2.36. The maximum atomic E-state index is 12.7. The molecule has 0 unspecified atom stereocenters. The third-order valence-corrected chi connectivity index (χ3v) is 4.84. The molecular formula is C19H23ClN4O2. The van der Waals surface area contributed by atoms with Crippen molar-refractivity contribution in [3.63, 3.8) is 0 Å². The van der Waals surface area contributed by atoms with Crippen LogP contribution in [0.5, 0.6) is 5.75 Å². The number of amides is 1. The van der Waals surface area contributed by atoms with E-state index in [1.54, 1.807) is 18.2 Å². The molecule has 2 saturated carbocycles. The monoisotopic (exact) mass is 374 g/mol. The van der Waals surface area contributed by atoms with Gasteiger partial charge in [-0.15, -0.1) is 10.2 Å². The van der Waals surface area contributed by atoms with E-state index in [9.17, 15) is 4.79 Å². The molecule has 1 aromatic heterocycles. The van der Waals surface area contributed by atoms with Gasteiger partial charge in [0.1, 0.15) is 11.6 Å². The molecule has 1 N–H and O–H groups in total. The SMILES string of the molecule is CC(C)Oc1ccc(Cl)cc1C(=O)NCc1nnc(C2CC2)n1C1CC1. The highest BCUT2D eigenvalue weighted by molar-refractivity contribution is 6.31. The van der Waals surface area contributed by atoms with Gasteiger partial charge in [-0.2, -0.15) is 0 Å². The van der Waals surface area contributed by atoms with E-state index in [1.165, 1.54) is 25.7 Å². The number of nitrogens with zero attached hydrogens (tertiary/aromatic N) is 3. The number of rotatable bonds is 7. The summed E-state index contributed by atoms with van der Waals surface area (Å²) in [5.41, 5.74) is 0.436. The van der Waals surface area contributed by atoms with Crippen LogP contribution in [-0.4, -0.2) is 26.8 Å². The normalized spacial score (nSPS) is 16.8. The third kappa shape index (κ3) is 3.70. The Morgan fingerprint density at radius 3 is 2.73 bits per heavy atom. The minimum atomic E-state index is -0.221. The average Bonchev–Trinajstić information content (AvgIpc) is 3.52. The number of hydrogen-bond donors (Lipinski definition) is 1. The van der Waals surface area contributed by atoms with Gasteiger partial charge >= 0.3 is 0 Å². The zero-order chi connectivity index (χ0) is 18.3. The fourth-order valence-electron chi connectivity index (χ4n) is 3.10. The van der Waals surface area contributed by atoms with Crippen LogP contribution in [0.15, 0.2) is 18.2 Å². The van der Waals surface area contributed by atoms with E-state index in [0.717, 1.165) is 11.6 Å². The molecule has 0 atom stereocenters. The van der Waals surface area contributed by atoms with Gasteiger partial charge in [0.2, 0.25) is 0 Å². The molecule has 0 radical (unpaired) electrons. The lowest BCUT2D eigenvalue weighted by Gasteiger charge is -2.15. The second-order valence-electron chi connectivity index (χ2n) is 7.34. The Morgan fingerprint density at radius 1 is 1.31 bits per heavy atom. The minimum Gasteiger partial charge on any atom is -0.490 e. The summed E-state index contributed by atoms with van der Waals surface area (Å²) >= 11 is 6.07. The summed E-state index contributed by atoms with van der Waals surface area (Å²) in [5, 5.41) is 12.2. The number of carbonyl (C=O) groups excluding carboxylic acids is 1. The first-order chi connectivity index (χ1) is 12.5. The van der Waals surface area contributed by atoms with E-state index in [2.05, 4.69) is 20.1 Å². The van der Waals surface area contributed by atoms with Crippen LogP contribution in [0.3, 0.4) is 0 Å². The Kier molecular flexibility index (Phi) is 4.61. The van der Waals surface area contributed by atoms with E-state index in [1.807, 2.05) is 13.8 Å². The van der Waals surface area contributed by atoms with Crippen LogP contribution in [-0.2, 0) is 6.54 Å². The van der Waals surface area contributed by atoms with Gasteiger partial charge in [-0.3, -0.25) is 4.79 Å². The van der Waals surface area contributed by atoms with Crippen molar-refractivity contribution < 1.29 is 9.53 Å². The summed E-state index contributed by atoms with van der Waals surface area (Å²) in [6.45, 7) is 4.20. The fourth-order valence-corrected chi connectivity index (χ4v) is 3.27. The van der Waals surface area contributed by atoms with Crippen molar-refractivity contribution in [2.75, 3.05) is 0 Å². The maximum Gasteiger partial charge on any atom is 0.255 e. The molecule has 7 heteroatoms. The van der Waals surface area contributed by atoms with Crippen molar-refractivity contribution in [2.45, 2.75) is 64.1 Å². The molecule has 0 saturated heterocycles. The Balaban J connectivity index is 1.50. The quantitative estimate of drug-likeness (QED) is 0.798. The first-order valence-electron chi connectivity index (χ1n) is 9.21. The summed E-state index contributed by atoms with van der Waals surface area (Å²) in [4.78, 5) is 12.7. The van der Waals surface area contributed by atoms with Crippen molar-refractivity contribution in [1.29, 1.82) is 0 Å². The zero-order valence-electron chi connectivity index (χ0n) is 15.0. The number of benzene rings is 1. The summed E-state index contributed by atoms with van der Waals surface area (Å²) < 4.78 is 7.97. The first-order valence-corrected chi connectivity index (χ1v) is 9.59. The lowest BCUT2D eigenvalue weighted by Crippen LogP contribution is -2.26. The van der Waals surface area contributed by atoms with Crippen molar-refractivity contribution >= 4 is 17.5 Å². The first kappa shape index (κ1) is 17.3. The van der Waals surface area contributed by atoms with Gasteiger partial charge in [-0.1, -0.05) is 11.6 Å². The second-order valence-corrected chi connectivity index (χ2v) is 7.78. The Bertz CT molecular complexity index is 825. The topological polar surface area (TPSA) is 69.0 Å². The lowest BCUT2D eigenvalue weighted by molar-refractivity contribution is 0.0943. The number of halogens is 1. The van der Waals surface area contributed by atoms with Gasteiger partial charge in [0.25, 0.3) is 5.91 Å². The van der Waals surface area contributed by atoms with Crippen molar-refractivity contribution in [2.24, 2.45) is 0 Å². The Labute approximate surface area is 157 Å². The Morgan fingerprint density at radius 2 is 2.08 bits per heavy atom. The zero-order valence-corrected chi connectivity index (χ0v) is 15.8. The second kappa shape index (κ2) is 6.91. The van der Waals surface area contributed by atoms with Crippen molar-refractivity contribution in [3.05, 3.63) is 40.4 Å². The van der Waals surface area contributed by atoms with Crippen LogP contribution in [0.1, 0.15) is 73.5 Å². The predicted octanol–water partition coefficient (Wildman–Crippen LogP) is 3.86. The van der Waals surface area contributed by atoms with Crippen LogP contribution in [0.4, 0.5) is 0 Å². The fraction of sp³-hybridized carbons (Fsp3) is 0.526. The molecular weight excluding hydrogens is 352 g/mol. The Hall–Kier alpha value is -2.08. The van der Waals surface area contributed by atoms with E-state index < -0.39 is 0 Å². The van der Waals surface area contributed by atoms with Crippen molar-refractivity contribution in [1.82, 2.24) is 20.1 Å². The molecule has 2 aliphatic carbocycles. The van der Waals surface area contributed by atoms with Gasteiger partial charge in [-0.25, -0.2) is 0 Å². The summed E-state index contributed by atoms with van der Waals surface area (Å²) in [5.74, 6) is 2.77. The number of hydrogen-bond acceptors (Lipinski definition) is 4. The summed E-state index contributed by atoms with van der Waals surface area (Å²) in [6.07, 6.45) is 4.69. The molecule has 4 rings (SSSR count). The van der Waals surface area contributed by atoms with E-state index in [4.69, 9.17) is 16.3 Å². The highest BCUT2D eigenvalue weighted by Crippen LogP contribution is 2.44. The number of aromatic nitrogens is 3. The number of nitrogens with one attached hydrogen (secondary N) is 1. The van der Waals surface area contributed by atoms with Crippen LogP contribution in [0.2, 0.25) is 5.02 Å². The highest BCUT2D eigenvalue weighted by atomic mass is 35.5. The minimum absolute atomic E-state index is 0.0261. The summed E-state index contributed by atoms with van der Waals surface area (Å²) in [7, 11) is 0. The standard InChI is InChI=1S/C19H23ClN4O2/c1-11(2)26-16-8-5-13(20)9-15(16)19(25)21-10-17-22-23-18(12-3-4-12)24(17)14-6-7-14/h5,8-9,11-12,14H,3-4,6-7,10H2,1-2H3,(H,21,25). The largest absolute Gasteiger partial charge is 0.490 e. The maximum absolute atomic E-state index is 12.7. The molecule has 6 nitrogen and oxygen atoms in total.